The molecule has 0 N–H and O–H groups in total. The summed E-state index contributed by atoms with van der Waals surface area (Å²) in [6, 6.07) is 53.8. The van der Waals surface area contributed by atoms with Crippen LogP contribution >= 0.6 is 15.8 Å². The highest BCUT2D eigenvalue weighted by Gasteiger charge is 2.29. The van der Waals surface area contributed by atoms with Crippen LogP contribution in [0.3, 0.4) is 0 Å². The zero-order chi connectivity index (χ0) is 29.1. The number of benzene rings is 6. The monoisotopic (exact) mass is 578 g/mol. The molecule has 6 aromatic rings. The molecule has 2 heteroatoms. The van der Waals surface area contributed by atoms with Crippen molar-refractivity contribution in [2.75, 3.05) is 0 Å². The van der Waals surface area contributed by atoms with Crippen molar-refractivity contribution in [3.8, 4) is 11.1 Å². The number of rotatable bonds is 7. The summed E-state index contributed by atoms with van der Waals surface area (Å²) >= 11 is 0. The van der Waals surface area contributed by atoms with Gasteiger partial charge in [-0.3, -0.25) is 0 Å². The van der Waals surface area contributed by atoms with Crippen LogP contribution in [0.25, 0.3) is 11.1 Å². The highest BCUT2D eigenvalue weighted by Crippen LogP contribution is 2.44. The second-order valence-corrected chi connectivity index (χ2v) is 15.2. The summed E-state index contributed by atoms with van der Waals surface area (Å²) in [5.41, 5.74) is 8.19. The van der Waals surface area contributed by atoms with Crippen LogP contribution < -0.4 is 31.8 Å². The molecule has 0 amide bonds. The lowest BCUT2D eigenvalue weighted by atomic mass is 9.93. The number of hydrogen-bond donors (Lipinski definition) is 0. The Kier molecular flexibility index (Phi) is 8.48. The van der Waals surface area contributed by atoms with Crippen LogP contribution in [-0.2, 0) is 0 Å². The van der Waals surface area contributed by atoms with Crippen LogP contribution in [0.4, 0.5) is 0 Å². The topological polar surface area (TPSA) is 0 Å². The Labute approximate surface area is 253 Å². The van der Waals surface area contributed by atoms with Gasteiger partial charge in [0, 0.05) is 0 Å². The van der Waals surface area contributed by atoms with Gasteiger partial charge < -0.3 is 0 Å². The highest BCUT2D eigenvalue weighted by atomic mass is 31.1. The summed E-state index contributed by atoms with van der Waals surface area (Å²) in [6.45, 7) is 9.23. The third-order valence-electron chi connectivity index (χ3n) is 7.93. The van der Waals surface area contributed by atoms with Gasteiger partial charge in [0.1, 0.15) is 0 Å². The molecule has 0 unspecified atom stereocenters. The predicted octanol–water partition coefficient (Wildman–Crippen LogP) is 8.10. The normalized spacial score (nSPS) is 11.3. The van der Waals surface area contributed by atoms with E-state index in [4.69, 9.17) is 0 Å². The first-order valence-electron chi connectivity index (χ1n) is 14.6. The van der Waals surface area contributed by atoms with Gasteiger partial charge >= 0.3 is 0 Å². The maximum Gasteiger partial charge on any atom is -0.00403 e. The van der Waals surface area contributed by atoms with Crippen molar-refractivity contribution in [2.45, 2.75) is 27.7 Å². The van der Waals surface area contributed by atoms with Crippen LogP contribution in [0.15, 0.2) is 146 Å². The van der Waals surface area contributed by atoms with Gasteiger partial charge in [-0.25, -0.2) is 0 Å². The van der Waals surface area contributed by atoms with E-state index < -0.39 is 15.8 Å². The Morgan fingerprint density at radius 2 is 0.524 bits per heavy atom. The van der Waals surface area contributed by atoms with Crippen molar-refractivity contribution in [2.24, 2.45) is 0 Å². The highest BCUT2D eigenvalue weighted by molar-refractivity contribution is 7.81. The molecule has 0 fully saturated rings. The molecule has 0 spiro atoms. The smallest absolute Gasteiger partial charge is 0.00403 e. The van der Waals surface area contributed by atoms with E-state index in [1.54, 1.807) is 0 Å². The van der Waals surface area contributed by atoms with Crippen molar-refractivity contribution in [3.63, 3.8) is 0 Å². The Morgan fingerprint density at radius 1 is 0.286 bits per heavy atom. The molecular weight excluding hydrogens is 542 g/mol. The van der Waals surface area contributed by atoms with Gasteiger partial charge in [-0.1, -0.05) is 146 Å². The third-order valence-corrected chi connectivity index (χ3v) is 13.2. The zero-order valence-corrected chi connectivity index (χ0v) is 26.5. The van der Waals surface area contributed by atoms with Crippen molar-refractivity contribution in [1.29, 1.82) is 0 Å². The van der Waals surface area contributed by atoms with Gasteiger partial charge in [-0.05, 0) is 109 Å². The summed E-state index contributed by atoms with van der Waals surface area (Å²) in [6.07, 6.45) is 0. The summed E-state index contributed by atoms with van der Waals surface area (Å²) in [5.74, 6) is 0. The first-order valence-corrected chi connectivity index (χ1v) is 17.2. The molecule has 0 aliphatic rings. The van der Waals surface area contributed by atoms with E-state index in [0.717, 1.165) is 0 Å². The lowest BCUT2D eigenvalue weighted by molar-refractivity contribution is 1.38. The Hall–Kier alpha value is -3.82. The number of aryl methyl sites for hydroxylation is 4. The van der Waals surface area contributed by atoms with Crippen molar-refractivity contribution in [1.82, 2.24) is 0 Å². The largest absolute Gasteiger partial charge is 0.0622 e. The van der Waals surface area contributed by atoms with Crippen molar-refractivity contribution >= 4 is 47.7 Å². The SMILES string of the molecule is Cc1ccc(C)c(P(c2ccccc2)c2ccccc2)c1-c1c(C)ccc(C)c1P(c1ccccc1)c1ccccc1. The average molecular weight is 579 g/mol. The van der Waals surface area contributed by atoms with Crippen LogP contribution in [-0.4, -0.2) is 0 Å². The van der Waals surface area contributed by atoms with E-state index in [-0.39, 0.29) is 0 Å². The molecule has 0 aliphatic carbocycles. The van der Waals surface area contributed by atoms with E-state index >= 15 is 0 Å². The molecule has 0 saturated heterocycles. The minimum atomic E-state index is -0.782. The van der Waals surface area contributed by atoms with E-state index in [1.165, 1.54) is 65.2 Å². The van der Waals surface area contributed by atoms with Gasteiger partial charge in [0.2, 0.25) is 0 Å². The molecule has 0 nitrogen and oxygen atoms in total. The van der Waals surface area contributed by atoms with E-state index in [0.29, 0.717) is 0 Å². The van der Waals surface area contributed by atoms with Gasteiger partial charge in [0.15, 0.2) is 0 Å². The average Bonchev–Trinajstić information content (AvgIpc) is 3.04. The fraction of sp³-hybridized carbons (Fsp3) is 0.100. The van der Waals surface area contributed by atoms with Crippen LogP contribution in [0.1, 0.15) is 22.3 Å². The maximum absolute atomic E-state index is 2.33. The summed E-state index contributed by atoms with van der Waals surface area (Å²) in [7, 11) is -1.56. The fourth-order valence-electron chi connectivity index (χ4n) is 5.92. The van der Waals surface area contributed by atoms with E-state index in [2.05, 4.69) is 173 Å². The summed E-state index contributed by atoms with van der Waals surface area (Å²) in [4.78, 5) is 0. The molecular formula is C40H36P2. The Bertz CT molecular complexity index is 1580. The molecule has 0 aromatic heterocycles. The van der Waals surface area contributed by atoms with E-state index in [9.17, 15) is 0 Å². The molecule has 0 bridgehead atoms. The van der Waals surface area contributed by atoms with Gasteiger partial charge in [-0.15, -0.1) is 0 Å². The number of hydrogen-bond acceptors (Lipinski definition) is 0. The summed E-state index contributed by atoms with van der Waals surface area (Å²) < 4.78 is 0. The van der Waals surface area contributed by atoms with Gasteiger partial charge in [0.05, 0.1) is 0 Å². The minimum Gasteiger partial charge on any atom is -0.0622 e. The molecule has 42 heavy (non-hydrogen) atoms. The molecule has 206 valence electrons. The zero-order valence-electron chi connectivity index (χ0n) is 24.8. The van der Waals surface area contributed by atoms with Crippen LogP contribution in [0.5, 0.6) is 0 Å². The third kappa shape index (κ3) is 5.51. The molecule has 6 rings (SSSR count). The first kappa shape index (κ1) is 28.3. The molecule has 0 radical (unpaired) electrons. The molecule has 0 atom stereocenters. The Morgan fingerprint density at radius 3 is 0.786 bits per heavy atom. The minimum absolute atomic E-state index is 0.782. The van der Waals surface area contributed by atoms with Crippen LogP contribution in [0.2, 0.25) is 0 Å². The first-order chi connectivity index (χ1) is 20.5. The molecule has 0 aliphatic heterocycles. The standard InChI is InChI=1S/C40H36P2/c1-29-25-27-31(3)39(41(33-17-9-5-10-18-33)34-19-11-6-12-20-34)37(29)38-30(2)26-28-32(4)40(38)42(35-21-13-7-14-22-35)36-23-15-8-16-24-36/h5-28H,1-4H3. The molecule has 0 heterocycles. The van der Waals surface area contributed by atoms with Gasteiger partial charge in [0.25, 0.3) is 0 Å². The summed E-state index contributed by atoms with van der Waals surface area (Å²) in [5, 5.41) is 8.47. The quantitative estimate of drug-likeness (QED) is 0.168. The van der Waals surface area contributed by atoms with Crippen LogP contribution in [0, 0.1) is 27.7 Å². The molecule has 0 saturated carbocycles. The van der Waals surface area contributed by atoms with E-state index in [1.807, 2.05) is 0 Å². The van der Waals surface area contributed by atoms with Gasteiger partial charge in [-0.2, -0.15) is 0 Å². The predicted molar refractivity (Wildman–Crippen MR) is 188 cm³/mol. The Balaban J connectivity index is 1.71. The second-order valence-electron chi connectivity index (χ2n) is 10.9. The maximum atomic E-state index is 2.33. The lowest BCUT2D eigenvalue weighted by Gasteiger charge is -2.30. The van der Waals surface area contributed by atoms with Crippen molar-refractivity contribution in [3.05, 3.63) is 168 Å². The van der Waals surface area contributed by atoms with Crippen molar-refractivity contribution < 1.29 is 0 Å². The fourth-order valence-corrected chi connectivity index (χ4v) is 11.3. The molecule has 6 aromatic carbocycles. The second kappa shape index (κ2) is 12.6. The lowest BCUT2D eigenvalue weighted by Crippen LogP contribution is -2.29.